The first kappa shape index (κ1) is 21.3. The van der Waals surface area contributed by atoms with E-state index in [9.17, 15) is 16.8 Å². The highest BCUT2D eigenvalue weighted by Crippen LogP contribution is 2.14. The molecular formula is C17H15N3O6S2. The van der Waals surface area contributed by atoms with E-state index < -0.39 is 30.2 Å². The monoisotopic (exact) mass is 421 g/mol. The van der Waals surface area contributed by atoms with Gasteiger partial charge in [-0.2, -0.15) is 16.8 Å². The number of rotatable bonds is 4. The van der Waals surface area contributed by atoms with Crippen molar-refractivity contribution in [2.24, 2.45) is 0 Å². The summed E-state index contributed by atoms with van der Waals surface area (Å²) in [6.07, 6.45) is 4.69. The number of benzene rings is 2. The molecule has 0 aliphatic heterocycles. The highest BCUT2D eigenvalue weighted by atomic mass is 32.2. The normalized spacial score (nSPS) is 11.6. The van der Waals surface area contributed by atoms with E-state index in [4.69, 9.17) is 9.11 Å². The molecule has 0 fully saturated rings. The van der Waals surface area contributed by atoms with E-state index in [0.29, 0.717) is 6.20 Å². The second-order valence-electron chi connectivity index (χ2n) is 5.21. The fraction of sp³-hybridized carbons (Fsp3) is 0. The molecule has 0 spiro atoms. The Kier molecular flexibility index (Phi) is 7.06. The van der Waals surface area contributed by atoms with E-state index in [1.807, 2.05) is 36.4 Å². The number of hydrogen-bond donors (Lipinski definition) is 2. The maximum atomic E-state index is 10.6. The summed E-state index contributed by atoms with van der Waals surface area (Å²) in [6.45, 7) is 0. The third-order valence-electron chi connectivity index (χ3n) is 3.16. The van der Waals surface area contributed by atoms with Gasteiger partial charge in [0.25, 0.3) is 10.1 Å². The lowest BCUT2D eigenvalue weighted by molar-refractivity contribution is 0.456. The van der Waals surface area contributed by atoms with E-state index in [2.05, 4.69) is 51.8 Å². The molecule has 2 N–H and O–H groups in total. The van der Waals surface area contributed by atoms with E-state index >= 15 is 0 Å². The van der Waals surface area contributed by atoms with Gasteiger partial charge in [-0.15, -0.1) is 10.2 Å². The zero-order valence-electron chi connectivity index (χ0n) is 14.2. The number of nitrogens with zero attached hydrogens (tertiary/aromatic N) is 3. The molecule has 0 aliphatic carbocycles. The fourth-order valence-corrected chi connectivity index (χ4v) is 3.45. The Morgan fingerprint density at radius 2 is 1.18 bits per heavy atom. The minimum absolute atomic E-state index is 0.450. The average Bonchev–Trinajstić information content (AvgIpc) is 2.67. The minimum atomic E-state index is -4.87. The summed E-state index contributed by atoms with van der Waals surface area (Å²) in [6, 6.07) is 20.6. The van der Waals surface area contributed by atoms with Gasteiger partial charge in [0.15, 0.2) is 4.90 Å². The Balaban J connectivity index is 0.000000200. The van der Waals surface area contributed by atoms with Crippen molar-refractivity contribution in [2.75, 3.05) is 0 Å². The van der Waals surface area contributed by atoms with Crippen LogP contribution in [0.25, 0.3) is 12.2 Å². The lowest BCUT2D eigenvalue weighted by Gasteiger charge is -1.99. The Morgan fingerprint density at radius 1 is 0.714 bits per heavy atom. The highest BCUT2D eigenvalue weighted by Gasteiger charge is 2.26. The lowest BCUT2D eigenvalue weighted by atomic mass is 10.1. The SMILES string of the molecule is C(=Cc1ccccc1)c1ccccc1.O=S(=O)(O)c1cnnnc1S(=O)(=O)O. The highest BCUT2D eigenvalue weighted by molar-refractivity contribution is 7.89. The van der Waals surface area contributed by atoms with Crippen LogP contribution in [0.5, 0.6) is 0 Å². The van der Waals surface area contributed by atoms with Crippen LogP contribution in [0.1, 0.15) is 11.1 Å². The fourth-order valence-electron chi connectivity index (χ4n) is 1.93. The summed E-state index contributed by atoms with van der Waals surface area (Å²) in [5, 5.41) is 7.27. The maximum absolute atomic E-state index is 10.6. The zero-order valence-corrected chi connectivity index (χ0v) is 15.8. The Bertz CT molecular complexity index is 1060. The van der Waals surface area contributed by atoms with Gasteiger partial charge in [0.1, 0.15) is 0 Å². The Hall–Kier alpha value is -2.99. The maximum Gasteiger partial charge on any atom is 0.315 e. The standard InChI is InChI=1S/C14H12.C3H3N3O6S2/c1-3-7-13(8-4-1)11-12-14-9-5-2-6-10-14;7-13(8,9)2-1-4-6-5-3(2)14(10,11)12/h1-12H;1H,(H,7,8,9)(H,10,11,12). The Morgan fingerprint density at radius 3 is 1.54 bits per heavy atom. The third-order valence-corrected chi connectivity index (χ3v) is 4.94. The smallest absolute Gasteiger partial charge is 0.282 e. The van der Waals surface area contributed by atoms with E-state index in [-0.39, 0.29) is 0 Å². The van der Waals surface area contributed by atoms with Crippen LogP contribution in [0.2, 0.25) is 0 Å². The molecule has 0 atom stereocenters. The number of hydrogen-bond acceptors (Lipinski definition) is 7. The van der Waals surface area contributed by atoms with Crippen molar-refractivity contribution in [3.63, 3.8) is 0 Å². The molecule has 28 heavy (non-hydrogen) atoms. The summed E-state index contributed by atoms with van der Waals surface area (Å²) >= 11 is 0. The van der Waals surface area contributed by atoms with E-state index in [1.165, 1.54) is 11.1 Å². The summed E-state index contributed by atoms with van der Waals surface area (Å²) in [5.74, 6) is 0. The summed E-state index contributed by atoms with van der Waals surface area (Å²) in [7, 11) is -9.69. The number of aromatic nitrogens is 3. The van der Waals surface area contributed by atoms with Gasteiger partial charge < -0.3 is 0 Å². The molecule has 9 nitrogen and oxygen atoms in total. The summed E-state index contributed by atoms with van der Waals surface area (Å²) in [5.41, 5.74) is 2.47. The van der Waals surface area contributed by atoms with Crippen LogP contribution in [0, 0.1) is 0 Å². The van der Waals surface area contributed by atoms with Crippen molar-refractivity contribution in [2.45, 2.75) is 9.92 Å². The van der Waals surface area contributed by atoms with E-state index in [1.54, 1.807) is 0 Å². The van der Waals surface area contributed by atoms with Crippen LogP contribution in [0.3, 0.4) is 0 Å². The molecule has 0 radical (unpaired) electrons. The van der Waals surface area contributed by atoms with Gasteiger partial charge >= 0.3 is 10.1 Å². The molecule has 2 aromatic carbocycles. The molecule has 0 amide bonds. The molecule has 0 unspecified atom stereocenters. The van der Waals surface area contributed by atoms with Crippen molar-refractivity contribution in [1.29, 1.82) is 0 Å². The molecule has 0 saturated heterocycles. The second-order valence-corrected chi connectivity index (χ2v) is 7.94. The minimum Gasteiger partial charge on any atom is -0.282 e. The summed E-state index contributed by atoms with van der Waals surface area (Å²) < 4.78 is 59.3. The molecule has 1 aromatic heterocycles. The molecule has 0 aliphatic rings. The first-order valence-corrected chi connectivity index (χ1v) is 10.5. The molecule has 1 heterocycles. The van der Waals surface area contributed by atoms with Gasteiger partial charge in [0, 0.05) is 0 Å². The van der Waals surface area contributed by atoms with Crippen LogP contribution in [-0.4, -0.2) is 41.4 Å². The van der Waals surface area contributed by atoms with Crippen LogP contribution in [0.15, 0.2) is 76.8 Å². The molecule has 3 rings (SSSR count). The van der Waals surface area contributed by atoms with Crippen molar-refractivity contribution >= 4 is 32.4 Å². The van der Waals surface area contributed by atoms with Crippen molar-refractivity contribution in [3.05, 3.63) is 78.0 Å². The predicted octanol–water partition coefficient (Wildman–Crippen LogP) is 2.22. The van der Waals surface area contributed by atoms with Crippen molar-refractivity contribution < 1.29 is 25.9 Å². The molecule has 0 saturated carbocycles. The molecule has 146 valence electrons. The molecule has 3 aromatic rings. The van der Waals surface area contributed by atoms with Crippen LogP contribution >= 0.6 is 0 Å². The topological polar surface area (TPSA) is 147 Å². The van der Waals surface area contributed by atoms with Gasteiger partial charge in [-0.25, -0.2) is 0 Å². The van der Waals surface area contributed by atoms with Crippen LogP contribution in [0.4, 0.5) is 0 Å². The van der Waals surface area contributed by atoms with Gasteiger partial charge in [0.2, 0.25) is 5.03 Å². The van der Waals surface area contributed by atoms with Crippen molar-refractivity contribution in [1.82, 2.24) is 15.4 Å². The van der Waals surface area contributed by atoms with Gasteiger partial charge in [-0.3, -0.25) is 9.11 Å². The summed E-state index contributed by atoms with van der Waals surface area (Å²) in [4.78, 5) is -1.13. The van der Waals surface area contributed by atoms with Crippen LogP contribution in [-0.2, 0) is 20.2 Å². The van der Waals surface area contributed by atoms with E-state index in [0.717, 1.165) is 0 Å². The first-order chi connectivity index (χ1) is 13.2. The lowest BCUT2D eigenvalue weighted by Crippen LogP contribution is -2.12. The largest absolute Gasteiger partial charge is 0.315 e. The third kappa shape index (κ3) is 6.63. The first-order valence-electron chi connectivity index (χ1n) is 7.59. The van der Waals surface area contributed by atoms with Gasteiger partial charge in [0.05, 0.1) is 6.20 Å². The van der Waals surface area contributed by atoms with Crippen molar-refractivity contribution in [3.8, 4) is 0 Å². The second kappa shape index (κ2) is 9.28. The van der Waals surface area contributed by atoms with Crippen LogP contribution < -0.4 is 0 Å². The molecular weight excluding hydrogens is 406 g/mol. The quantitative estimate of drug-likeness (QED) is 0.478. The van der Waals surface area contributed by atoms with Gasteiger partial charge in [-0.1, -0.05) is 72.8 Å². The molecule has 11 heteroatoms. The predicted molar refractivity (Wildman–Crippen MR) is 101 cm³/mol. The zero-order chi connectivity index (χ0) is 20.6. The average molecular weight is 421 g/mol. The molecule has 0 bridgehead atoms. The van der Waals surface area contributed by atoms with Gasteiger partial charge in [-0.05, 0) is 16.3 Å². The Labute approximate surface area is 161 Å².